The van der Waals surface area contributed by atoms with E-state index < -0.39 is 0 Å². The van der Waals surface area contributed by atoms with Crippen molar-refractivity contribution in [2.75, 3.05) is 20.8 Å². The summed E-state index contributed by atoms with van der Waals surface area (Å²) >= 11 is 0. The van der Waals surface area contributed by atoms with E-state index in [1.807, 2.05) is 31.2 Å². The number of ether oxygens (including phenoxy) is 2. The van der Waals surface area contributed by atoms with E-state index >= 15 is 0 Å². The fourth-order valence-corrected chi connectivity index (χ4v) is 2.86. The van der Waals surface area contributed by atoms with Gasteiger partial charge in [-0.15, -0.1) is 0 Å². The number of rotatable bonds is 6. The Morgan fingerprint density at radius 1 is 1.22 bits per heavy atom. The van der Waals surface area contributed by atoms with Crippen molar-refractivity contribution in [3.63, 3.8) is 0 Å². The van der Waals surface area contributed by atoms with Gasteiger partial charge < -0.3 is 19.4 Å². The highest BCUT2D eigenvalue weighted by Crippen LogP contribution is 2.21. The first-order chi connectivity index (χ1) is 12.9. The van der Waals surface area contributed by atoms with Gasteiger partial charge in [-0.3, -0.25) is 14.0 Å². The number of methoxy groups -OCH3 is 2. The van der Waals surface area contributed by atoms with Gasteiger partial charge in [-0.05, 0) is 31.2 Å². The number of imidazole rings is 1. The lowest BCUT2D eigenvalue weighted by molar-refractivity contribution is 0.0901. The lowest BCUT2D eigenvalue weighted by Crippen LogP contribution is -2.35. The van der Waals surface area contributed by atoms with Gasteiger partial charge in [-0.2, -0.15) is 0 Å². The number of hydrogen-bond donors (Lipinski definition) is 1. The second-order valence-corrected chi connectivity index (χ2v) is 6.29. The molecule has 0 aliphatic heterocycles. The van der Waals surface area contributed by atoms with Gasteiger partial charge in [-0.25, -0.2) is 4.98 Å². The van der Waals surface area contributed by atoms with Crippen LogP contribution in [0.2, 0.25) is 0 Å². The molecule has 0 unspecified atom stereocenters. The van der Waals surface area contributed by atoms with Crippen LogP contribution in [0.25, 0.3) is 16.9 Å². The maximum Gasteiger partial charge on any atom is 0.294 e. The summed E-state index contributed by atoms with van der Waals surface area (Å²) in [5.41, 5.74) is 1.64. The van der Waals surface area contributed by atoms with Crippen LogP contribution in [0.3, 0.4) is 0 Å². The van der Waals surface area contributed by atoms with Crippen molar-refractivity contribution in [1.29, 1.82) is 0 Å². The number of hydrogen-bond acceptors (Lipinski definition) is 5. The van der Waals surface area contributed by atoms with Crippen molar-refractivity contribution in [2.45, 2.75) is 13.0 Å². The van der Waals surface area contributed by atoms with E-state index in [2.05, 4.69) is 10.3 Å². The highest BCUT2D eigenvalue weighted by atomic mass is 16.5. The Labute approximate surface area is 156 Å². The van der Waals surface area contributed by atoms with Crippen LogP contribution in [-0.2, 0) is 11.8 Å². The summed E-state index contributed by atoms with van der Waals surface area (Å²) in [7, 11) is 4.84. The molecule has 1 atom stereocenters. The normalized spacial score (nSPS) is 12.1. The summed E-state index contributed by atoms with van der Waals surface area (Å²) in [5, 5.41) is 2.79. The molecule has 8 nitrogen and oxygen atoms in total. The third-order valence-electron chi connectivity index (χ3n) is 4.26. The molecule has 0 aliphatic carbocycles. The summed E-state index contributed by atoms with van der Waals surface area (Å²) < 4.78 is 13.3. The van der Waals surface area contributed by atoms with Crippen molar-refractivity contribution in [3.05, 3.63) is 52.7 Å². The molecule has 0 radical (unpaired) electrons. The zero-order chi connectivity index (χ0) is 19.6. The van der Waals surface area contributed by atoms with Gasteiger partial charge in [0.15, 0.2) is 0 Å². The van der Waals surface area contributed by atoms with Crippen LogP contribution in [-0.4, -0.2) is 46.7 Å². The maximum atomic E-state index is 12.7. The molecule has 27 heavy (non-hydrogen) atoms. The Hall–Kier alpha value is -3.13. The van der Waals surface area contributed by atoms with Crippen LogP contribution in [0.4, 0.5) is 0 Å². The average Bonchev–Trinajstić information content (AvgIpc) is 3.09. The zero-order valence-electron chi connectivity index (χ0n) is 15.7. The van der Waals surface area contributed by atoms with Crippen LogP contribution < -0.4 is 15.6 Å². The van der Waals surface area contributed by atoms with Crippen molar-refractivity contribution in [3.8, 4) is 17.0 Å². The Kier molecular flexibility index (Phi) is 5.27. The minimum absolute atomic E-state index is 0.162. The first kappa shape index (κ1) is 18.7. The van der Waals surface area contributed by atoms with E-state index in [9.17, 15) is 9.59 Å². The summed E-state index contributed by atoms with van der Waals surface area (Å²) in [6.07, 6.45) is 3.33. The highest BCUT2D eigenvalue weighted by molar-refractivity contribution is 5.93. The minimum atomic E-state index is -0.351. The van der Waals surface area contributed by atoms with E-state index in [4.69, 9.17) is 9.47 Å². The second kappa shape index (κ2) is 7.63. The lowest BCUT2D eigenvalue weighted by atomic mass is 10.1. The van der Waals surface area contributed by atoms with Gasteiger partial charge in [0.1, 0.15) is 11.4 Å². The third kappa shape index (κ3) is 3.70. The third-order valence-corrected chi connectivity index (χ3v) is 4.26. The largest absolute Gasteiger partial charge is 0.497 e. The molecule has 0 saturated heterocycles. The first-order valence-corrected chi connectivity index (χ1v) is 8.47. The van der Waals surface area contributed by atoms with Crippen molar-refractivity contribution >= 4 is 11.6 Å². The first-order valence-electron chi connectivity index (χ1n) is 8.47. The molecule has 0 fully saturated rings. The molecule has 3 aromatic rings. The number of fused-ring (bicyclic) bond motifs is 1. The quantitative estimate of drug-likeness (QED) is 0.710. The summed E-state index contributed by atoms with van der Waals surface area (Å²) in [6.45, 7) is 2.22. The van der Waals surface area contributed by atoms with Gasteiger partial charge in [0.05, 0.1) is 19.4 Å². The fraction of sp³-hybridized carbons (Fsp3) is 0.316. The number of carbonyl (C=O) groups is 1. The molecule has 2 heterocycles. The summed E-state index contributed by atoms with van der Waals surface area (Å²) in [5.74, 6) is 0.382. The molecule has 142 valence electrons. The van der Waals surface area contributed by atoms with Crippen molar-refractivity contribution < 1.29 is 14.3 Å². The molecule has 0 bridgehead atoms. The molecule has 8 heteroatoms. The number of aromatic nitrogens is 3. The fourth-order valence-electron chi connectivity index (χ4n) is 2.86. The monoisotopic (exact) mass is 370 g/mol. The smallest absolute Gasteiger partial charge is 0.294 e. The minimum Gasteiger partial charge on any atom is -0.497 e. The van der Waals surface area contributed by atoms with Crippen LogP contribution in [0, 0.1) is 0 Å². The average molecular weight is 370 g/mol. The predicted molar refractivity (Wildman–Crippen MR) is 101 cm³/mol. The lowest BCUT2D eigenvalue weighted by Gasteiger charge is -2.10. The van der Waals surface area contributed by atoms with Crippen LogP contribution in [0.15, 0.2) is 41.5 Å². The van der Waals surface area contributed by atoms with Crippen molar-refractivity contribution in [2.24, 2.45) is 7.05 Å². The summed E-state index contributed by atoms with van der Waals surface area (Å²) in [6, 6.07) is 7.24. The standard InChI is InChI=1S/C19H22N4O4/c1-12(11-26-3)20-18(24)15-9-23-10-16(22(2)19(25)17(23)21-15)13-5-7-14(27-4)8-6-13/h5-10,12H,11H2,1-4H3,(H,20,24)/t12-/m0/s1. The number of nitrogens with one attached hydrogen (secondary N) is 1. The van der Waals surface area contributed by atoms with Gasteiger partial charge >= 0.3 is 0 Å². The number of benzene rings is 1. The van der Waals surface area contributed by atoms with Gasteiger partial charge in [0.2, 0.25) is 5.65 Å². The molecular weight excluding hydrogens is 348 g/mol. The second-order valence-electron chi connectivity index (χ2n) is 6.29. The molecular formula is C19H22N4O4. The van der Waals surface area contributed by atoms with E-state index in [0.717, 1.165) is 11.3 Å². The van der Waals surface area contributed by atoms with Gasteiger partial charge in [0, 0.05) is 38.2 Å². The molecule has 1 amide bonds. The molecule has 0 aliphatic rings. The Balaban J connectivity index is 2.00. The summed E-state index contributed by atoms with van der Waals surface area (Å²) in [4.78, 5) is 29.3. The topological polar surface area (TPSA) is 86.9 Å². The zero-order valence-corrected chi connectivity index (χ0v) is 15.7. The maximum absolute atomic E-state index is 12.7. The van der Waals surface area contributed by atoms with E-state index in [0.29, 0.717) is 12.3 Å². The Morgan fingerprint density at radius 2 is 1.93 bits per heavy atom. The van der Waals surface area contributed by atoms with Crippen LogP contribution >= 0.6 is 0 Å². The van der Waals surface area contributed by atoms with E-state index in [1.54, 1.807) is 38.1 Å². The molecule has 0 saturated carbocycles. The number of carbonyl (C=O) groups excluding carboxylic acids is 1. The predicted octanol–water partition coefficient (Wildman–Crippen LogP) is 1.47. The number of amides is 1. The van der Waals surface area contributed by atoms with Crippen molar-refractivity contribution in [1.82, 2.24) is 19.3 Å². The van der Waals surface area contributed by atoms with E-state index in [-0.39, 0.29) is 28.8 Å². The van der Waals surface area contributed by atoms with E-state index in [1.165, 1.54) is 4.57 Å². The Bertz CT molecular complexity index is 1020. The van der Waals surface area contributed by atoms with Crippen LogP contribution in [0.1, 0.15) is 17.4 Å². The van der Waals surface area contributed by atoms with Crippen LogP contribution in [0.5, 0.6) is 5.75 Å². The molecule has 2 aromatic heterocycles. The van der Waals surface area contributed by atoms with Gasteiger partial charge in [-0.1, -0.05) is 0 Å². The Morgan fingerprint density at radius 3 is 2.56 bits per heavy atom. The molecule has 3 rings (SSSR count). The number of nitrogens with zero attached hydrogens (tertiary/aromatic N) is 3. The molecule has 1 N–H and O–H groups in total. The van der Waals surface area contributed by atoms with Gasteiger partial charge in [0.25, 0.3) is 11.5 Å². The molecule has 0 spiro atoms. The SMILES string of the molecule is COC[C@H](C)NC(=O)c1cn2cc(-c3ccc(OC)cc3)n(C)c(=O)c2n1. The highest BCUT2D eigenvalue weighted by Gasteiger charge is 2.17. The molecule has 1 aromatic carbocycles.